The molecule has 4 aliphatic rings. The van der Waals surface area contributed by atoms with Crippen LogP contribution in [0.2, 0.25) is 0 Å². The lowest BCUT2D eigenvalue weighted by Crippen LogP contribution is -2.53. The van der Waals surface area contributed by atoms with Crippen molar-refractivity contribution in [3.05, 3.63) is 35.9 Å². The number of carbonyl (C=O) groups excluding carboxylic acids is 2. The second-order valence-electron chi connectivity index (χ2n) is 11.3. The van der Waals surface area contributed by atoms with Gasteiger partial charge in [-0.25, -0.2) is 9.59 Å². The number of nitrogens with zero attached hydrogens (tertiary/aromatic N) is 3. The van der Waals surface area contributed by atoms with Crippen LogP contribution < -0.4 is 10.6 Å². The van der Waals surface area contributed by atoms with E-state index in [4.69, 9.17) is 0 Å². The van der Waals surface area contributed by atoms with Gasteiger partial charge in [-0.3, -0.25) is 4.90 Å². The summed E-state index contributed by atoms with van der Waals surface area (Å²) in [7, 11) is 0. The largest absolute Gasteiger partial charge is 0.338 e. The highest BCUT2D eigenvalue weighted by molar-refractivity contribution is 7.98. The van der Waals surface area contributed by atoms with Crippen molar-refractivity contribution in [3.8, 4) is 0 Å². The molecule has 1 saturated heterocycles. The Morgan fingerprint density at radius 3 is 2.49 bits per heavy atom. The molecule has 1 aromatic carbocycles. The SMILES string of the molecule is CCCCNC(=O)N(CCN1CCN(C(=O)Nc2ccc(SC)cc2)CC1)CC1=CCC2CC1C2(C)C. The highest BCUT2D eigenvalue weighted by Crippen LogP contribution is 2.59. The third kappa shape index (κ3) is 6.82. The molecule has 37 heavy (non-hydrogen) atoms. The minimum atomic E-state index is -0.0425. The third-order valence-electron chi connectivity index (χ3n) is 8.74. The summed E-state index contributed by atoms with van der Waals surface area (Å²) in [5.74, 6) is 1.41. The first-order chi connectivity index (χ1) is 17.8. The van der Waals surface area contributed by atoms with Crippen molar-refractivity contribution in [3.63, 3.8) is 0 Å². The molecule has 5 rings (SSSR count). The van der Waals surface area contributed by atoms with Crippen LogP contribution in [0.15, 0.2) is 40.8 Å². The summed E-state index contributed by atoms with van der Waals surface area (Å²) < 4.78 is 0. The molecular weight excluding hydrogens is 482 g/mol. The molecule has 1 aromatic rings. The second kappa shape index (κ2) is 12.6. The number of allylic oxidation sites excluding steroid dienone is 1. The van der Waals surface area contributed by atoms with Crippen LogP contribution >= 0.6 is 11.8 Å². The van der Waals surface area contributed by atoms with Crippen LogP contribution in [-0.4, -0.2) is 85.4 Å². The number of amides is 4. The summed E-state index contributed by atoms with van der Waals surface area (Å²) in [4.78, 5) is 33.3. The first-order valence-corrected chi connectivity index (χ1v) is 15.2. The maximum atomic E-state index is 13.1. The zero-order chi connectivity index (χ0) is 26.4. The maximum absolute atomic E-state index is 13.1. The van der Waals surface area contributed by atoms with Crippen LogP contribution in [0.25, 0.3) is 0 Å². The molecule has 8 heteroatoms. The van der Waals surface area contributed by atoms with Gasteiger partial charge in [-0.2, -0.15) is 0 Å². The maximum Gasteiger partial charge on any atom is 0.321 e. The normalized spacial score (nSPS) is 22.6. The van der Waals surface area contributed by atoms with E-state index in [-0.39, 0.29) is 12.1 Å². The van der Waals surface area contributed by atoms with Gasteiger partial charge in [0.25, 0.3) is 0 Å². The van der Waals surface area contributed by atoms with Crippen LogP contribution in [0.4, 0.5) is 15.3 Å². The van der Waals surface area contributed by atoms with Gasteiger partial charge in [0.15, 0.2) is 0 Å². The number of piperazine rings is 1. The number of anilines is 1. The van der Waals surface area contributed by atoms with Crippen molar-refractivity contribution < 1.29 is 9.59 Å². The highest BCUT2D eigenvalue weighted by atomic mass is 32.2. The average molecular weight is 528 g/mol. The summed E-state index contributed by atoms with van der Waals surface area (Å²) in [5, 5.41) is 6.16. The fourth-order valence-electron chi connectivity index (χ4n) is 5.93. The summed E-state index contributed by atoms with van der Waals surface area (Å²) in [6.45, 7) is 13.0. The Balaban J connectivity index is 1.26. The van der Waals surface area contributed by atoms with Crippen molar-refractivity contribution in [2.45, 2.75) is 51.3 Å². The number of fused-ring (bicyclic) bond motifs is 1. The molecule has 1 aliphatic heterocycles. The fraction of sp³-hybridized carbons (Fsp3) is 0.655. The van der Waals surface area contributed by atoms with Gasteiger partial charge in [0, 0.05) is 62.9 Å². The molecule has 0 aromatic heterocycles. The van der Waals surface area contributed by atoms with E-state index in [1.165, 1.54) is 16.9 Å². The lowest BCUT2D eigenvalue weighted by Gasteiger charge is -2.57. The molecule has 2 N–H and O–H groups in total. The first-order valence-electron chi connectivity index (χ1n) is 14.0. The van der Waals surface area contributed by atoms with E-state index in [9.17, 15) is 9.59 Å². The van der Waals surface area contributed by atoms with Gasteiger partial charge in [0.2, 0.25) is 0 Å². The summed E-state index contributed by atoms with van der Waals surface area (Å²) >= 11 is 1.69. The Hall–Kier alpha value is -2.19. The van der Waals surface area contributed by atoms with Gasteiger partial charge >= 0.3 is 12.1 Å². The van der Waals surface area contributed by atoms with Gasteiger partial charge in [-0.15, -0.1) is 11.8 Å². The lowest BCUT2D eigenvalue weighted by molar-refractivity contribution is -0.00982. The topological polar surface area (TPSA) is 67.9 Å². The zero-order valence-corrected chi connectivity index (χ0v) is 23.9. The van der Waals surface area contributed by atoms with Crippen molar-refractivity contribution >= 4 is 29.5 Å². The number of rotatable bonds is 10. The van der Waals surface area contributed by atoms with Crippen LogP contribution in [0.1, 0.15) is 46.5 Å². The number of nitrogens with one attached hydrogen (secondary N) is 2. The highest BCUT2D eigenvalue weighted by Gasteiger charge is 2.51. The van der Waals surface area contributed by atoms with Gasteiger partial charge in [-0.05, 0) is 67.0 Å². The predicted octanol–water partition coefficient (Wildman–Crippen LogP) is 5.36. The lowest BCUT2D eigenvalue weighted by atomic mass is 9.49. The van der Waals surface area contributed by atoms with E-state index in [0.29, 0.717) is 31.0 Å². The Kier molecular flexibility index (Phi) is 9.46. The molecule has 204 valence electrons. The first kappa shape index (κ1) is 27.8. The molecule has 2 bridgehead atoms. The van der Waals surface area contributed by atoms with Gasteiger partial charge in [0.05, 0.1) is 0 Å². The fourth-order valence-corrected chi connectivity index (χ4v) is 6.33. The molecule has 0 radical (unpaired) electrons. The number of carbonyl (C=O) groups is 2. The number of hydrogen-bond acceptors (Lipinski definition) is 4. The molecular formula is C29H45N5O2S. The summed E-state index contributed by atoms with van der Waals surface area (Å²) in [5.41, 5.74) is 2.64. The van der Waals surface area contributed by atoms with Crippen LogP contribution in [-0.2, 0) is 0 Å². The minimum Gasteiger partial charge on any atom is -0.338 e. The standard InChI is InChI=1S/C29H45N5O2S/c1-5-6-13-30-27(35)34(21-22-7-8-23-20-26(22)29(23,2)3)19-16-32-14-17-33(18-15-32)28(36)31-24-9-11-25(37-4)12-10-24/h7,9-12,23,26H,5-6,8,13-21H2,1-4H3,(H,30,35)(H,31,36). The molecule has 3 aliphatic carbocycles. The number of benzene rings is 1. The van der Waals surface area contributed by atoms with Crippen LogP contribution in [0.3, 0.4) is 0 Å². The van der Waals surface area contributed by atoms with Gasteiger partial charge < -0.3 is 20.4 Å². The number of thioether (sulfide) groups is 1. The molecule has 2 unspecified atom stereocenters. The summed E-state index contributed by atoms with van der Waals surface area (Å²) in [6, 6.07) is 7.96. The molecule has 1 heterocycles. The monoisotopic (exact) mass is 527 g/mol. The van der Waals surface area contributed by atoms with Gasteiger partial charge in [0.1, 0.15) is 0 Å². The van der Waals surface area contributed by atoms with E-state index >= 15 is 0 Å². The van der Waals surface area contributed by atoms with Crippen molar-refractivity contribution in [2.24, 2.45) is 17.3 Å². The van der Waals surface area contributed by atoms with Crippen LogP contribution in [0, 0.1) is 17.3 Å². The Bertz CT molecular complexity index is 956. The third-order valence-corrected chi connectivity index (χ3v) is 9.48. The Labute approximate surface area is 227 Å². The van der Waals surface area contributed by atoms with Crippen LogP contribution in [0.5, 0.6) is 0 Å². The summed E-state index contributed by atoms with van der Waals surface area (Å²) in [6.07, 6.45) is 8.95. The number of urea groups is 2. The van der Waals surface area contributed by atoms with E-state index in [2.05, 4.69) is 42.4 Å². The van der Waals surface area contributed by atoms with Crippen molar-refractivity contribution in [1.29, 1.82) is 0 Å². The van der Waals surface area contributed by atoms with Gasteiger partial charge in [-0.1, -0.05) is 38.8 Å². The average Bonchev–Trinajstić information content (AvgIpc) is 2.91. The Morgan fingerprint density at radius 2 is 1.86 bits per heavy atom. The second-order valence-corrected chi connectivity index (χ2v) is 12.2. The number of unbranched alkanes of at least 4 members (excludes halogenated alkanes) is 1. The zero-order valence-electron chi connectivity index (χ0n) is 23.1. The van der Waals surface area contributed by atoms with E-state index in [1.807, 2.05) is 40.3 Å². The molecule has 4 amide bonds. The molecule has 7 nitrogen and oxygen atoms in total. The van der Waals surface area contributed by atoms with Crippen molar-refractivity contribution in [1.82, 2.24) is 20.0 Å². The molecule has 1 saturated carbocycles. The molecule has 2 fully saturated rings. The van der Waals surface area contributed by atoms with Crippen molar-refractivity contribution in [2.75, 3.05) is 63.9 Å². The minimum absolute atomic E-state index is 0.0425. The Morgan fingerprint density at radius 1 is 1.14 bits per heavy atom. The van der Waals surface area contributed by atoms with E-state index in [0.717, 1.165) is 63.6 Å². The molecule has 2 atom stereocenters. The predicted molar refractivity (Wildman–Crippen MR) is 153 cm³/mol. The smallest absolute Gasteiger partial charge is 0.321 e. The van der Waals surface area contributed by atoms with E-state index < -0.39 is 0 Å². The quantitative estimate of drug-likeness (QED) is 0.244. The number of hydrogen-bond donors (Lipinski definition) is 2. The van der Waals surface area contributed by atoms with E-state index in [1.54, 1.807) is 11.8 Å². The molecule has 0 spiro atoms.